The maximum absolute atomic E-state index is 8.31. The van der Waals surface area contributed by atoms with Gasteiger partial charge in [-0.25, -0.2) is 0 Å². The van der Waals surface area contributed by atoms with Crippen LogP contribution in [-0.2, 0) is 0 Å². The molecule has 0 amide bonds. The van der Waals surface area contributed by atoms with Crippen LogP contribution in [-0.4, -0.2) is 21.7 Å². The van der Waals surface area contributed by atoms with Gasteiger partial charge in [0.1, 0.15) is 0 Å². The first-order valence-corrected chi connectivity index (χ1v) is 6.57. The highest BCUT2D eigenvalue weighted by atomic mass is 28.1. The first-order valence-electron chi connectivity index (χ1n) is 5.57. The van der Waals surface area contributed by atoms with Gasteiger partial charge in [-0.2, -0.15) is 0 Å². The molecule has 0 atom stereocenters. The van der Waals surface area contributed by atoms with Gasteiger partial charge in [0.15, 0.2) is 0 Å². The lowest BCUT2D eigenvalue weighted by molar-refractivity contribution is 1.38. The van der Waals surface area contributed by atoms with Crippen molar-refractivity contribution in [2.75, 3.05) is 0 Å². The lowest BCUT2D eigenvalue weighted by Crippen LogP contribution is -2.27. The second-order valence-corrected chi connectivity index (χ2v) is 5.37. The van der Waals surface area contributed by atoms with Crippen molar-refractivity contribution >= 4 is 26.9 Å². The summed E-state index contributed by atoms with van der Waals surface area (Å²) in [5.41, 5.74) is 4.73. The number of rotatable bonds is 0. The largest absolute Gasteiger partial charge is 0.300 e. The minimum absolute atomic E-state index is 0.546. The van der Waals surface area contributed by atoms with Crippen LogP contribution in [0.15, 0.2) is 42.5 Å². The topological polar surface area (TPSA) is 47.7 Å². The van der Waals surface area contributed by atoms with Gasteiger partial charge in [-0.1, -0.05) is 47.7 Å². The summed E-state index contributed by atoms with van der Waals surface area (Å²) < 4.78 is 0. The average Bonchev–Trinajstić information content (AvgIpc) is 2.36. The van der Waals surface area contributed by atoms with Gasteiger partial charge >= 0.3 is 0 Å². The van der Waals surface area contributed by atoms with Crippen LogP contribution in [0.1, 0.15) is 22.3 Å². The van der Waals surface area contributed by atoms with E-state index in [0.717, 1.165) is 32.5 Å². The second kappa shape index (κ2) is 3.50. The van der Waals surface area contributed by atoms with Crippen molar-refractivity contribution in [3.8, 4) is 0 Å². The van der Waals surface area contributed by atoms with Gasteiger partial charge in [-0.15, -0.1) is 0 Å². The molecule has 0 aliphatic heterocycles. The highest BCUT2D eigenvalue weighted by molar-refractivity contribution is 6.42. The SMILES string of the molecule is N=C1c2ccccc2C(=N)c2c([SiH3])cccc21. The zero-order valence-corrected chi connectivity index (χ0v) is 11.5. The van der Waals surface area contributed by atoms with Gasteiger partial charge in [0, 0.05) is 32.5 Å². The summed E-state index contributed by atoms with van der Waals surface area (Å²) in [5, 5.41) is 17.8. The number of fused-ring (bicyclic) bond motifs is 2. The van der Waals surface area contributed by atoms with E-state index in [2.05, 4.69) is 6.07 Å². The van der Waals surface area contributed by atoms with E-state index >= 15 is 0 Å². The van der Waals surface area contributed by atoms with Crippen LogP contribution in [0.5, 0.6) is 0 Å². The molecule has 2 nitrogen and oxygen atoms in total. The molecule has 2 aromatic carbocycles. The Morgan fingerprint density at radius 3 is 2.00 bits per heavy atom. The molecule has 0 fully saturated rings. The smallest absolute Gasteiger partial charge is 0.0698 e. The Balaban J connectivity index is 2.37. The molecule has 0 saturated carbocycles. The number of hydrogen-bond acceptors (Lipinski definition) is 2. The zero-order chi connectivity index (χ0) is 12.0. The predicted octanol–water partition coefficient (Wildman–Crippen LogP) is 0.823. The molecule has 2 aromatic rings. The van der Waals surface area contributed by atoms with Crippen LogP contribution < -0.4 is 5.19 Å². The molecular formula is C14H12N2Si. The van der Waals surface area contributed by atoms with E-state index in [-0.39, 0.29) is 0 Å². The Hall–Kier alpha value is -2.00. The normalized spacial score (nSPS) is 13.4. The van der Waals surface area contributed by atoms with E-state index < -0.39 is 0 Å². The third kappa shape index (κ3) is 1.32. The van der Waals surface area contributed by atoms with Crippen LogP contribution in [0.3, 0.4) is 0 Å². The summed E-state index contributed by atoms with van der Waals surface area (Å²) in [6.45, 7) is 0. The highest BCUT2D eigenvalue weighted by Gasteiger charge is 2.24. The molecule has 82 valence electrons. The summed E-state index contributed by atoms with van der Waals surface area (Å²) in [4.78, 5) is 0. The molecular weight excluding hydrogens is 224 g/mol. The van der Waals surface area contributed by atoms with E-state index in [1.54, 1.807) is 0 Å². The first-order chi connectivity index (χ1) is 8.20. The van der Waals surface area contributed by atoms with Crippen molar-refractivity contribution in [2.45, 2.75) is 0 Å². The fourth-order valence-electron chi connectivity index (χ4n) is 2.41. The fraction of sp³-hybridized carbons (Fsp3) is 0. The lowest BCUT2D eigenvalue weighted by Gasteiger charge is -2.22. The van der Waals surface area contributed by atoms with Crippen molar-refractivity contribution in [3.05, 3.63) is 64.7 Å². The number of nitrogens with one attached hydrogen (secondary N) is 2. The monoisotopic (exact) mass is 236 g/mol. The molecule has 17 heavy (non-hydrogen) atoms. The predicted molar refractivity (Wildman–Crippen MR) is 74.3 cm³/mol. The third-order valence-electron chi connectivity index (χ3n) is 3.26. The number of hydrogen-bond donors (Lipinski definition) is 2. The number of benzene rings is 2. The zero-order valence-electron chi connectivity index (χ0n) is 9.54. The average molecular weight is 236 g/mol. The molecule has 3 rings (SSSR count). The van der Waals surface area contributed by atoms with Gasteiger partial charge in [-0.3, -0.25) is 10.8 Å². The van der Waals surface area contributed by atoms with E-state index in [4.69, 9.17) is 10.8 Å². The molecule has 3 heteroatoms. The van der Waals surface area contributed by atoms with E-state index in [1.165, 1.54) is 5.19 Å². The summed E-state index contributed by atoms with van der Waals surface area (Å²) >= 11 is 0. The van der Waals surface area contributed by atoms with Crippen LogP contribution in [0.4, 0.5) is 0 Å². The van der Waals surface area contributed by atoms with Crippen molar-refractivity contribution < 1.29 is 0 Å². The first kappa shape index (κ1) is 10.2. The standard InChI is InChI=1S/C14H12N2Si/c15-13-8-4-1-2-5-9(8)14(16)12-10(13)6-3-7-11(12)17/h1-7,15-16H,17H3. The Morgan fingerprint density at radius 2 is 1.29 bits per heavy atom. The summed E-state index contributed by atoms with van der Waals surface area (Å²) in [6, 6.07) is 13.7. The molecule has 0 unspecified atom stereocenters. The molecule has 1 aliphatic carbocycles. The Labute approximate surface area is 103 Å². The molecule has 0 bridgehead atoms. The molecule has 0 heterocycles. The van der Waals surface area contributed by atoms with Crippen LogP contribution >= 0.6 is 0 Å². The van der Waals surface area contributed by atoms with Crippen molar-refractivity contribution in [1.29, 1.82) is 10.8 Å². The van der Waals surface area contributed by atoms with Crippen LogP contribution in [0.25, 0.3) is 0 Å². The van der Waals surface area contributed by atoms with E-state index in [1.807, 2.05) is 36.4 Å². The van der Waals surface area contributed by atoms with Crippen LogP contribution in [0, 0.1) is 10.8 Å². The Morgan fingerprint density at radius 1 is 0.706 bits per heavy atom. The minimum atomic E-state index is 0.546. The van der Waals surface area contributed by atoms with E-state index in [9.17, 15) is 0 Å². The minimum Gasteiger partial charge on any atom is -0.300 e. The molecule has 2 N–H and O–H groups in total. The molecule has 0 radical (unpaired) electrons. The lowest BCUT2D eigenvalue weighted by atomic mass is 9.83. The second-order valence-electron chi connectivity index (χ2n) is 4.29. The molecule has 0 spiro atoms. The van der Waals surface area contributed by atoms with Crippen molar-refractivity contribution in [1.82, 2.24) is 0 Å². The molecule has 0 saturated heterocycles. The molecule has 0 aromatic heterocycles. The van der Waals surface area contributed by atoms with Gasteiger partial charge in [-0.05, 0) is 0 Å². The summed E-state index contributed by atoms with van der Waals surface area (Å²) in [5.74, 6) is 0. The van der Waals surface area contributed by atoms with Gasteiger partial charge < -0.3 is 0 Å². The highest BCUT2D eigenvalue weighted by Crippen LogP contribution is 2.25. The quantitative estimate of drug-likeness (QED) is 0.543. The van der Waals surface area contributed by atoms with E-state index in [0.29, 0.717) is 11.4 Å². The van der Waals surface area contributed by atoms with Gasteiger partial charge in [0.2, 0.25) is 0 Å². The molecule has 1 aliphatic rings. The Bertz CT molecular complexity index is 659. The maximum atomic E-state index is 8.31. The Kier molecular flexibility index (Phi) is 2.09. The summed E-state index contributed by atoms with van der Waals surface area (Å²) in [6.07, 6.45) is 0. The maximum Gasteiger partial charge on any atom is 0.0698 e. The summed E-state index contributed by atoms with van der Waals surface area (Å²) in [7, 11) is 0.906. The van der Waals surface area contributed by atoms with Gasteiger partial charge in [0.05, 0.1) is 11.4 Å². The third-order valence-corrected chi connectivity index (χ3v) is 4.09. The van der Waals surface area contributed by atoms with Crippen molar-refractivity contribution in [2.24, 2.45) is 0 Å². The van der Waals surface area contributed by atoms with Gasteiger partial charge in [0.25, 0.3) is 0 Å². The van der Waals surface area contributed by atoms with Crippen molar-refractivity contribution in [3.63, 3.8) is 0 Å². The fourth-order valence-corrected chi connectivity index (χ4v) is 3.12. The van der Waals surface area contributed by atoms with Crippen LogP contribution in [0.2, 0.25) is 0 Å².